The lowest BCUT2D eigenvalue weighted by Gasteiger charge is -2.01. The van der Waals surface area contributed by atoms with Gasteiger partial charge in [-0.25, -0.2) is 9.59 Å². The zero-order valence-electron chi connectivity index (χ0n) is 11.1. The smallest absolute Gasteiger partial charge is 0.340 e. The highest BCUT2D eigenvalue weighted by molar-refractivity contribution is 7.16. The summed E-state index contributed by atoms with van der Waals surface area (Å²) in [5.74, 6) is -2.37. The zero-order chi connectivity index (χ0) is 15.1. The molecule has 108 valence electrons. The van der Waals surface area contributed by atoms with Gasteiger partial charge in [0, 0.05) is 17.0 Å². The number of carboxylic acid groups (broad SMARTS) is 1. The van der Waals surface area contributed by atoms with E-state index >= 15 is 0 Å². The highest BCUT2D eigenvalue weighted by atomic mass is 32.1. The second-order valence-corrected chi connectivity index (χ2v) is 4.99. The summed E-state index contributed by atoms with van der Waals surface area (Å²) in [6.45, 7) is 2.01. The number of esters is 1. The van der Waals surface area contributed by atoms with Crippen molar-refractivity contribution >= 4 is 34.2 Å². The Morgan fingerprint density at radius 3 is 2.65 bits per heavy atom. The SMILES string of the molecule is CCCc1cc(C(=O)OC)c(NC(=O)/C=C\C(=O)O)s1. The Morgan fingerprint density at radius 1 is 1.40 bits per heavy atom. The molecule has 6 nitrogen and oxygen atoms in total. The van der Waals surface area contributed by atoms with E-state index in [1.807, 2.05) is 6.92 Å². The number of ether oxygens (including phenoxy) is 1. The van der Waals surface area contributed by atoms with Gasteiger partial charge in [-0.05, 0) is 12.5 Å². The van der Waals surface area contributed by atoms with Gasteiger partial charge < -0.3 is 15.2 Å². The van der Waals surface area contributed by atoms with Gasteiger partial charge >= 0.3 is 11.9 Å². The fourth-order valence-electron chi connectivity index (χ4n) is 1.47. The summed E-state index contributed by atoms with van der Waals surface area (Å²) in [4.78, 5) is 34.4. The van der Waals surface area contributed by atoms with Crippen LogP contribution in [-0.4, -0.2) is 30.1 Å². The molecule has 0 bridgehead atoms. The first kappa shape index (κ1) is 15.9. The summed E-state index contributed by atoms with van der Waals surface area (Å²) in [7, 11) is 1.26. The van der Waals surface area contributed by atoms with Gasteiger partial charge in [-0.2, -0.15) is 0 Å². The van der Waals surface area contributed by atoms with Crippen molar-refractivity contribution in [3.63, 3.8) is 0 Å². The topological polar surface area (TPSA) is 92.7 Å². The van der Waals surface area contributed by atoms with E-state index in [4.69, 9.17) is 5.11 Å². The van der Waals surface area contributed by atoms with Crippen molar-refractivity contribution in [3.8, 4) is 0 Å². The van der Waals surface area contributed by atoms with E-state index in [1.165, 1.54) is 18.4 Å². The Bertz CT molecular complexity index is 547. The Kier molecular flexibility index (Phi) is 5.92. The quantitative estimate of drug-likeness (QED) is 0.619. The number of hydrogen-bond donors (Lipinski definition) is 2. The highest BCUT2D eigenvalue weighted by Gasteiger charge is 2.17. The lowest BCUT2D eigenvalue weighted by Crippen LogP contribution is -2.11. The molecule has 1 rings (SSSR count). The number of hydrogen-bond acceptors (Lipinski definition) is 5. The maximum absolute atomic E-state index is 11.6. The van der Waals surface area contributed by atoms with Crippen LogP contribution < -0.4 is 5.32 Å². The van der Waals surface area contributed by atoms with Crippen molar-refractivity contribution < 1.29 is 24.2 Å². The minimum absolute atomic E-state index is 0.276. The predicted octanol–water partition coefficient (Wildman–Crippen LogP) is 2.07. The molecule has 0 spiro atoms. The third-order valence-corrected chi connectivity index (χ3v) is 3.41. The standard InChI is InChI=1S/C13H15NO5S/c1-3-4-8-7-9(13(18)19-2)12(20-8)14-10(15)5-6-11(16)17/h5-7H,3-4H2,1-2H3,(H,14,15)(H,16,17)/b6-5-. The molecule has 0 aliphatic heterocycles. The molecule has 0 saturated carbocycles. The summed E-state index contributed by atoms with van der Waals surface area (Å²) < 4.78 is 4.65. The molecule has 0 aliphatic carbocycles. The third kappa shape index (κ3) is 4.51. The van der Waals surface area contributed by atoms with Crippen LogP contribution >= 0.6 is 11.3 Å². The number of thiophene rings is 1. The van der Waals surface area contributed by atoms with Crippen LogP contribution in [0.2, 0.25) is 0 Å². The first-order valence-electron chi connectivity index (χ1n) is 5.91. The predicted molar refractivity (Wildman–Crippen MR) is 75.1 cm³/mol. The fraction of sp³-hybridized carbons (Fsp3) is 0.308. The average molecular weight is 297 g/mol. The third-order valence-electron chi connectivity index (χ3n) is 2.30. The largest absolute Gasteiger partial charge is 0.478 e. The first-order valence-corrected chi connectivity index (χ1v) is 6.72. The van der Waals surface area contributed by atoms with Crippen LogP contribution in [0, 0.1) is 0 Å². The van der Waals surface area contributed by atoms with E-state index in [2.05, 4.69) is 10.1 Å². The molecule has 0 atom stereocenters. The molecule has 0 saturated heterocycles. The first-order chi connectivity index (χ1) is 9.47. The highest BCUT2D eigenvalue weighted by Crippen LogP contribution is 2.29. The van der Waals surface area contributed by atoms with Crippen molar-refractivity contribution in [2.45, 2.75) is 19.8 Å². The number of rotatable bonds is 6. The van der Waals surface area contributed by atoms with Gasteiger partial charge in [0.15, 0.2) is 0 Å². The molecule has 0 radical (unpaired) electrons. The van der Waals surface area contributed by atoms with Crippen molar-refractivity contribution in [2.24, 2.45) is 0 Å². The number of carbonyl (C=O) groups excluding carboxylic acids is 2. The molecule has 1 amide bonds. The normalized spacial score (nSPS) is 10.5. The van der Waals surface area contributed by atoms with Crippen LogP contribution in [0.1, 0.15) is 28.6 Å². The second-order valence-electron chi connectivity index (χ2n) is 3.86. The zero-order valence-corrected chi connectivity index (χ0v) is 12.0. The van der Waals surface area contributed by atoms with E-state index in [0.717, 1.165) is 29.9 Å². The molecule has 0 aliphatic rings. The molecule has 2 N–H and O–H groups in total. The van der Waals surface area contributed by atoms with E-state index < -0.39 is 17.8 Å². The summed E-state index contributed by atoms with van der Waals surface area (Å²) in [5.41, 5.74) is 0.276. The van der Waals surface area contributed by atoms with Crippen LogP contribution in [0.5, 0.6) is 0 Å². The molecule has 0 fully saturated rings. The van der Waals surface area contributed by atoms with E-state index in [-0.39, 0.29) is 5.56 Å². The lowest BCUT2D eigenvalue weighted by atomic mass is 10.2. The summed E-state index contributed by atoms with van der Waals surface area (Å²) in [5, 5.41) is 11.3. The van der Waals surface area contributed by atoms with Gasteiger partial charge in [0.1, 0.15) is 5.00 Å². The summed E-state index contributed by atoms with van der Waals surface area (Å²) >= 11 is 1.28. The maximum atomic E-state index is 11.6. The van der Waals surface area contributed by atoms with E-state index in [9.17, 15) is 14.4 Å². The Morgan fingerprint density at radius 2 is 2.10 bits per heavy atom. The monoisotopic (exact) mass is 297 g/mol. The van der Waals surface area contributed by atoms with Gasteiger partial charge in [0.05, 0.1) is 12.7 Å². The fourth-order valence-corrected chi connectivity index (χ4v) is 2.62. The average Bonchev–Trinajstić information content (AvgIpc) is 2.78. The Labute approximate surface area is 120 Å². The minimum Gasteiger partial charge on any atom is -0.478 e. The van der Waals surface area contributed by atoms with Crippen LogP contribution in [0.25, 0.3) is 0 Å². The number of amides is 1. The molecule has 0 unspecified atom stereocenters. The van der Waals surface area contributed by atoms with Crippen molar-refractivity contribution in [1.82, 2.24) is 0 Å². The number of carbonyl (C=O) groups is 3. The van der Waals surface area contributed by atoms with Gasteiger partial charge in [0.2, 0.25) is 5.91 Å². The number of aryl methyl sites for hydroxylation is 1. The van der Waals surface area contributed by atoms with Gasteiger partial charge in [-0.15, -0.1) is 11.3 Å². The van der Waals surface area contributed by atoms with Crippen molar-refractivity contribution in [1.29, 1.82) is 0 Å². The molecule has 1 aromatic heterocycles. The van der Waals surface area contributed by atoms with E-state index in [0.29, 0.717) is 5.00 Å². The van der Waals surface area contributed by atoms with Crippen LogP contribution in [0.4, 0.5) is 5.00 Å². The van der Waals surface area contributed by atoms with Gasteiger partial charge in [0.25, 0.3) is 0 Å². The molecule has 20 heavy (non-hydrogen) atoms. The number of anilines is 1. The summed E-state index contributed by atoms with van der Waals surface area (Å²) in [6.07, 6.45) is 3.32. The number of nitrogens with one attached hydrogen (secondary N) is 1. The van der Waals surface area contributed by atoms with Gasteiger partial charge in [-0.3, -0.25) is 4.79 Å². The van der Waals surface area contributed by atoms with E-state index in [1.54, 1.807) is 6.07 Å². The second kappa shape index (κ2) is 7.44. The number of carboxylic acids is 1. The van der Waals surface area contributed by atoms with Crippen molar-refractivity contribution in [2.75, 3.05) is 12.4 Å². The molecule has 1 heterocycles. The molecule has 7 heteroatoms. The van der Waals surface area contributed by atoms with Crippen LogP contribution in [0.15, 0.2) is 18.2 Å². The molecule has 0 aromatic carbocycles. The molecular weight excluding hydrogens is 282 g/mol. The summed E-state index contributed by atoms with van der Waals surface area (Å²) in [6, 6.07) is 1.68. The Hall–Kier alpha value is -2.15. The van der Waals surface area contributed by atoms with Gasteiger partial charge in [-0.1, -0.05) is 13.3 Å². The lowest BCUT2D eigenvalue weighted by molar-refractivity contribution is -0.131. The molecular formula is C13H15NO5S. The molecule has 1 aromatic rings. The number of methoxy groups -OCH3 is 1. The minimum atomic E-state index is -1.22. The van der Waals surface area contributed by atoms with Crippen LogP contribution in [0.3, 0.4) is 0 Å². The Balaban J connectivity index is 2.94. The van der Waals surface area contributed by atoms with Crippen molar-refractivity contribution in [3.05, 3.63) is 28.7 Å². The van der Waals surface area contributed by atoms with Crippen LogP contribution in [-0.2, 0) is 20.7 Å². The maximum Gasteiger partial charge on any atom is 0.340 e. The number of aliphatic carboxylic acids is 1.